The van der Waals surface area contributed by atoms with E-state index in [4.69, 9.17) is 0 Å². The molecule has 0 saturated heterocycles. The molecule has 3 N–H and O–H groups in total. The van der Waals surface area contributed by atoms with Gasteiger partial charge in [-0.15, -0.1) is 0 Å². The topological polar surface area (TPSA) is 113 Å². The molecule has 26 heavy (non-hydrogen) atoms. The quantitative estimate of drug-likeness (QED) is 0.571. The van der Waals surface area contributed by atoms with E-state index >= 15 is 0 Å². The first kappa shape index (κ1) is 18.7. The normalized spacial score (nSPS) is 10.7. The van der Waals surface area contributed by atoms with Gasteiger partial charge in [0.05, 0.1) is 10.5 Å². The second-order valence-corrected chi connectivity index (χ2v) is 4.92. The van der Waals surface area contributed by atoms with Crippen molar-refractivity contribution in [3.05, 3.63) is 69.8 Å². The Balaban J connectivity index is 1.92. The van der Waals surface area contributed by atoms with E-state index in [9.17, 15) is 32.9 Å². The van der Waals surface area contributed by atoms with Gasteiger partial charge in [0.2, 0.25) is 0 Å². The Morgan fingerprint density at radius 1 is 1.00 bits per heavy atom. The minimum Gasteiger partial charge on any atom is -0.307 e. The van der Waals surface area contributed by atoms with Crippen LogP contribution in [-0.4, -0.2) is 16.9 Å². The van der Waals surface area contributed by atoms with Crippen LogP contribution in [0.15, 0.2) is 48.5 Å². The van der Waals surface area contributed by atoms with Crippen LogP contribution in [0.25, 0.3) is 0 Å². The fourth-order valence-corrected chi connectivity index (χ4v) is 1.86. The summed E-state index contributed by atoms with van der Waals surface area (Å²) in [6, 6.07) is 7.55. The number of halogens is 3. The number of hydrazine groups is 1. The van der Waals surface area contributed by atoms with Crippen LogP contribution in [0, 0.1) is 10.1 Å². The van der Waals surface area contributed by atoms with Gasteiger partial charge in [0, 0.05) is 23.4 Å². The lowest BCUT2D eigenvalue weighted by atomic mass is 10.2. The molecule has 2 aromatic carbocycles. The Labute approximate surface area is 144 Å². The highest BCUT2D eigenvalue weighted by atomic mass is 19.4. The number of benzene rings is 2. The van der Waals surface area contributed by atoms with Gasteiger partial charge in [-0.25, -0.2) is 10.2 Å². The molecular weight excluding hydrogens is 357 g/mol. The van der Waals surface area contributed by atoms with Crippen molar-refractivity contribution in [3.8, 4) is 0 Å². The van der Waals surface area contributed by atoms with Crippen LogP contribution in [0.2, 0.25) is 0 Å². The lowest BCUT2D eigenvalue weighted by molar-refractivity contribution is -0.384. The van der Waals surface area contributed by atoms with Crippen molar-refractivity contribution in [1.82, 2.24) is 10.9 Å². The first-order valence-electron chi connectivity index (χ1n) is 6.96. The number of hydrogen-bond acceptors (Lipinski definition) is 4. The standard InChI is InChI=1S/C15H11F3N4O4/c16-15(17,18)10-2-1-3-11(8-10)19-14(24)21-20-13(23)9-4-6-12(7-5-9)22(25)26/h1-8H,(H,20,23)(H2,19,21,24). The predicted molar refractivity (Wildman–Crippen MR) is 84.2 cm³/mol. The van der Waals surface area contributed by atoms with Crippen LogP contribution in [0.3, 0.4) is 0 Å². The summed E-state index contributed by atoms with van der Waals surface area (Å²) in [5, 5.41) is 12.7. The second kappa shape index (κ2) is 7.51. The van der Waals surface area contributed by atoms with E-state index in [1.54, 1.807) is 0 Å². The molecule has 0 saturated carbocycles. The van der Waals surface area contributed by atoms with Gasteiger partial charge in [0.15, 0.2) is 0 Å². The summed E-state index contributed by atoms with van der Waals surface area (Å²) >= 11 is 0. The molecule has 2 rings (SSSR count). The van der Waals surface area contributed by atoms with Gasteiger partial charge in [0.25, 0.3) is 11.6 Å². The average Bonchev–Trinajstić information content (AvgIpc) is 2.59. The fourth-order valence-electron chi connectivity index (χ4n) is 1.86. The fraction of sp³-hybridized carbons (Fsp3) is 0.0667. The zero-order valence-electron chi connectivity index (χ0n) is 12.8. The van der Waals surface area contributed by atoms with Gasteiger partial charge in [0.1, 0.15) is 0 Å². The van der Waals surface area contributed by atoms with E-state index < -0.39 is 28.6 Å². The lowest BCUT2D eigenvalue weighted by Gasteiger charge is -2.11. The number of nitro benzene ring substituents is 1. The molecule has 0 aromatic heterocycles. The number of carbonyl (C=O) groups is 2. The number of nitrogens with zero attached hydrogens (tertiary/aromatic N) is 1. The number of alkyl halides is 3. The van der Waals surface area contributed by atoms with E-state index in [0.29, 0.717) is 0 Å². The highest BCUT2D eigenvalue weighted by molar-refractivity contribution is 5.97. The van der Waals surface area contributed by atoms with Crippen molar-refractivity contribution in [1.29, 1.82) is 0 Å². The van der Waals surface area contributed by atoms with E-state index in [1.165, 1.54) is 18.2 Å². The maximum Gasteiger partial charge on any atom is 0.416 e. The molecule has 0 atom stereocenters. The lowest BCUT2D eigenvalue weighted by Crippen LogP contribution is -2.43. The van der Waals surface area contributed by atoms with Gasteiger partial charge in [-0.05, 0) is 30.3 Å². The Kier molecular flexibility index (Phi) is 5.40. The first-order valence-corrected chi connectivity index (χ1v) is 6.96. The summed E-state index contributed by atoms with van der Waals surface area (Å²) in [4.78, 5) is 33.3. The largest absolute Gasteiger partial charge is 0.416 e. The Morgan fingerprint density at radius 2 is 1.65 bits per heavy atom. The summed E-state index contributed by atoms with van der Waals surface area (Å²) in [5.41, 5.74) is 2.74. The van der Waals surface area contributed by atoms with Crippen LogP contribution >= 0.6 is 0 Å². The second-order valence-electron chi connectivity index (χ2n) is 4.92. The third-order valence-electron chi connectivity index (χ3n) is 3.08. The monoisotopic (exact) mass is 368 g/mol. The molecule has 3 amide bonds. The van der Waals surface area contributed by atoms with Crippen LogP contribution in [0.1, 0.15) is 15.9 Å². The third-order valence-corrected chi connectivity index (χ3v) is 3.08. The maximum absolute atomic E-state index is 12.6. The van der Waals surface area contributed by atoms with Crippen molar-refractivity contribution in [3.63, 3.8) is 0 Å². The van der Waals surface area contributed by atoms with Crippen LogP contribution in [-0.2, 0) is 6.18 Å². The predicted octanol–water partition coefficient (Wildman–Crippen LogP) is 3.08. The Bertz CT molecular complexity index is 838. The molecule has 136 valence electrons. The van der Waals surface area contributed by atoms with E-state index in [2.05, 4.69) is 5.32 Å². The van der Waals surface area contributed by atoms with E-state index in [1.807, 2.05) is 10.9 Å². The molecule has 0 fully saturated rings. The van der Waals surface area contributed by atoms with E-state index in [0.717, 1.165) is 30.3 Å². The van der Waals surface area contributed by atoms with Crippen molar-refractivity contribution < 1.29 is 27.7 Å². The van der Waals surface area contributed by atoms with Crippen molar-refractivity contribution in [2.45, 2.75) is 6.18 Å². The molecule has 0 aliphatic carbocycles. The third kappa shape index (κ3) is 4.93. The average molecular weight is 368 g/mol. The summed E-state index contributed by atoms with van der Waals surface area (Å²) in [6.07, 6.45) is -4.56. The minimum absolute atomic E-state index is 0.0370. The number of amides is 3. The number of non-ortho nitro benzene ring substituents is 1. The van der Waals surface area contributed by atoms with Gasteiger partial charge in [-0.1, -0.05) is 6.07 Å². The number of carbonyl (C=O) groups excluding carboxylic acids is 2. The minimum atomic E-state index is -4.56. The van der Waals surface area contributed by atoms with Crippen LogP contribution in [0.5, 0.6) is 0 Å². The number of rotatable bonds is 3. The molecule has 0 aliphatic rings. The number of nitrogens with one attached hydrogen (secondary N) is 3. The van der Waals surface area contributed by atoms with E-state index in [-0.39, 0.29) is 16.9 Å². The Hall–Kier alpha value is -3.63. The highest BCUT2D eigenvalue weighted by Crippen LogP contribution is 2.30. The first-order chi connectivity index (χ1) is 12.2. The molecular formula is C15H11F3N4O4. The smallest absolute Gasteiger partial charge is 0.307 e. The van der Waals surface area contributed by atoms with Gasteiger partial charge in [-0.2, -0.15) is 13.2 Å². The molecule has 0 spiro atoms. The molecule has 2 aromatic rings. The zero-order chi connectivity index (χ0) is 19.3. The number of urea groups is 1. The van der Waals surface area contributed by atoms with Crippen molar-refractivity contribution in [2.75, 3.05) is 5.32 Å². The molecule has 11 heteroatoms. The van der Waals surface area contributed by atoms with Crippen LogP contribution < -0.4 is 16.2 Å². The summed E-state index contributed by atoms with van der Waals surface area (Å²) in [6.45, 7) is 0. The van der Waals surface area contributed by atoms with Crippen molar-refractivity contribution >= 4 is 23.3 Å². The summed E-state index contributed by atoms with van der Waals surface area (Å²) in [5.74, 6) is -0.765. The van der Waals surface area contributed by atoms with Gasteiger partial charge < -0.3 is 5.32 Å². The summed E-state index contributed by atoms with van der Waals surface area (Å²) in [7, 11) is 0. The molecule has 0 bridgehead atoms. The molecule has 0 unspecified atom stereocenters. The van der Waals surface area contributed by atoms with Crippen LogP contribution in [0.4, 0.5) is 29.3 Å². The number of nitro groups is 1. The highest BCUT2D eigenvalue weighted by Gasteiger charge is 2.30. The molecule has 8 nitrogen and oxygen atoms in total. The molecule has 0 heterocycles. The van der Waals surface area contributed by atoms with Gasteiger partial charge in [-0.3, -0.25) is 20.3 Å². The Morgan fingerprint density at radius 3 is 2.23 bits per heavy atom. The van der Waals surface area contributed by atoms with Gasteiger partial charge >= 0.3 is 12.2 Å². The number of hydrogen-bond donors (Lipinski definition) is 3. The van der Waals surface area contributed by atoms with Crippen molar-refractivity contribution in [2.24, 2.45) is 0 Å². The molecule has 0 radical (unpaired) electrons. The number of anilines is 1. The zero-order valence-corrected chi connectivity index (χ0v) is 12.8. The maximum atomic E-state index is 12.6. The summed E-state index contributed by atoms with van der Waals surface area (Å²) < 4.78 is 37.8. The molecule has 0 aliphatic heterocycles. The SMILES string of the molecule is O=C(NNC(=O)c1ccc([N+](=O)[O-])cc1)Nc1cccc(C(F)(F)F)c1.